The van der Waals surface area contributed by atoms with Gasteiger partial charge in [-0.25, -0.2) is 0 Å². The summed E-state index contributed by atoms with van der Waals surface area (Å²) >= 11 is 12.2. The van der Waals surface area contributed by atoms with Crippen LogP contribution in [0.5, 0.6) is 0 Å². The predicted octanol–water partition coefficient (Wildman–Crippen LogP) is 5.11. The molecule has 1 aliphatic carbocycles. The van der Waals surface area contributed by atoms with Gasteiger partial charge < -0.3 is 0 Å². The summed E-state index contributed by atoms with van der Waals surface area (Å²) in [5.41, 5.74) is 0.547. The molecule has 0 radical (unpaired) electrons. The molecule has 1 aromatic carbocycles. The van der Waals surface area contributed by atoms with Crippen LogP contribution in [-0.2, 0) is 5.41 Å². The first-order chi connectivity index (χ1) is 8.18. The Kier molecular flexibility index (Phi) is 3.97. The molecule has 0 bridgehead atoms. The Morgan fingerprint density at radius 3 is 2.24 bits per heavy atom. The van der Waals surface area contributed by atoms with E-state index in [0.29, 0.717) is 10.0 Å². The Balaban J connectivity index is 2.43. The van der Waals surface area contributed by atoms with Crippen molar-refractivity contribution < 1.29 is 0 Å². The normalized spacial score (nSPS) is 19.4. The Bertz CT molecular complexity index is 440. The SMILES string of the molecule is N#CC1(c2ccc(Cl)cc2Cl)CCCCCC1. The van der Waals surface area contributed by atoms with Crippen LogP contribution in [0.4, 0.5) is 0 Å². The lowest BCUT2D eigenvalue weighted by Gasteiger charge is -2.26. The highest BCUT2D eigenvalue weighted by Crippen LogP contribution is 2.41. The van der Waals surface area contributed by atoms with Crippen molar-refractivity contribution in [1.82, 2.24) is 0 Å². The van der Waals surface area contributed by atoms with Gasteiger partial charge in [0.1, 0.15) is 0 Å². The van der Waals surface area contributed by atoms with Crippen LogP contribution in [0, 0.1) is 11.3 Å². The number of nitrogens with zero attached hydrogens (tertiary/aromatic N) is 1. The first-order valence-electron chi connectivity index (χ1n) is 6.05. The van der Waals surface area contributed by atoms with Gasteiger partial charge in [-0.05, 0) is 30.5 Å². The summed E-state index contributed by atoms with van der Waals surface area (Å²) in [6.45, 7) is 0. The van der Waals surface area contributed by atoms with Crippen molar-refractivity contribution >= 4 is 23.2 Å². The average Bonchev–Trinajstić information content (AvgIpc) is 2.55. The van der Waals surface area contributed by atoms with Crippen molar-refractivity contribution in [2.24, 2.45) is 0 Å². The minimum absolute atomic E-state index is 0.405. The monoisotopic (exact) mass is 267 g/mol. The molecule has 1 aromatic rings. The Morgan fingerprint density at radius 1 is 1.06 bits per heavy atom. The highest BCUT2D eigenvalue weighted by Gasteiger charge is 2.34. The Morgan fingerprint density at radius 2 is 1.71 bits per heavy atom. The van der Waals surface area contributed by atoms with Crippen molar-refractivity contribution in [3.63, 3.8) is 0 Å². The van der Waals surface area contributed by atoms with Crippen molar-refractivity contribution in [2.45, 2.75) is 43.9 Å². The van der Waals surface area contributed by atoms with Gasteiger partial charge in [-0.3, -0.25) is 0 Å². The minimum atomic E-state index is -0.405. The van der Waals surface area contributed by atoms with E-state index in [-0.39, 0.29) is 0 Å². The molecule has 17 heavy (non-hydrogen) atoms. The molecule has 0 aliphatic heterocycles. The van der Waals surface area contributed by atoms with Crippen molar-refractivity contribution in [2.75, 3.05) is 0 Å². The van der Waals surface area contributed by atoms with Crippen LogP contribution in [0.3, 0.4) is 0 Å². The smallest absolute Gasteiger partial charge is 0.0836 e. The summed E-state index contributed by atoms with van der Waals surface area (Å²) in [6.07, 6.45) is 6.46. The topological polar surface area (TPSA) is 23.8 Å². The summed E-state index contributed by atoms with van der Waals surface area (Å²) in [5, 5.41) is 10.8. The lowest BCUT2D eigenvalue weighted by atomic mass is 9.75. The van der Waals surface area contributed by atoms with E-state index in [1.54, 1.807) is 6.07 Å². The summed E-state index contributed by atoms with van der Waals surface area (Å²) in [5.74, 6) is 0. The predicted molar refractivity (Wildman–Crippen MR) is 71.5 cm³/mol. The van der Waals surface area contributed by atoms with Gasteiger partial charge in [0.15, 0.2) is 0 Å². The van der Waals surface area contributed by atoms with E-state index in [0.717, 1.165) is 31.2 Å². The third-order valence-electron chi connectivity index (χ3n) is 3.62. The second kappa shape index (κ2) is 5.29. The van der Waals surface area contributed by atoms with Gasteiger partial charge in [-0.15, -0.1) is 0 Å². The van der Waals surface area contributed by atoms with Crippen molar-refractivity contribution in [1.29, 1.82) is 5.26 Å². The lowest BCUT2D eigenvalue weighted by Crippen LogP contribution is -2.23. The highest BCUT2D eigenvalue weighted by atomic mass is 35.5. The molecule has 0 saturated heterocycles. The second-order valence-corrected chi connectivity index (χ2v) is 5.58. The molecule has 1 aliphatic rings. The van der Waals surface area contributed by atoms with Crippen LogP contribution in [-0.4, -0.2) is 0 Å². The van der Waals surface area contributed by atoms with Crippen LogP contribution >= 0.6 is 23.2 Å². The number of nitriles is 1. The van der Waals surface area contributed by atoms with E-state index in [4.69, 9.17) is 23.2 Å². The molecule has 3 heteroatoms. The molecule has 0 heterocycles. The molecule has 2 rings (SSSR count). The second-order valence-electron chi connectivity index (χ2n) is 4.73. The van der Waals surface area contributed by atoms with Crippen molar-refractivity contribution in [3.05, 3.63) is 33.8 Å². The molecular weight excluding hydrogens is 253 g/mol. The maximum absolute atomic E-state index is 9.57. The fourth-order valence-electron chi connectivity index (χ4n) is 2.65. The zero-order valence-corrected chi connectivity index (χ0v) is 11.2. The first-order valence-corrected chi connectivity index (χ1v) is 6.80. The number of benzene rings is 1. The molecule has 0 unspecified atom stereocenters. The highest BCUT2D eigenvalue weighted by molar-refractivity contribution is 6.35. The average molecular weight is 268 g/mol. The first kappa shape index (κ1) is 12.7. The molecule has 0 aromatic heterocycles. The van der Waals surface area contributed by atoms with Gasteiger partial charge in [-0.2, -0.15) is 5.26 Å². The maximum Gasteiger partial charge on any atom is 0.0836 e. The van der Waals surface area contributed by atoms with Crippen LogP contribution in [0.1, 0.15) is 44.1 Å². The van der Waals surface area contributed by atoms with Gasteiger partial charge in [0.25, 0.3) is 0 Å². The maximum atomic E-state index is 9.57. The van der Waals surface area contributed by atoms with E-state index >= 15 is 0 Å². The zero-order valence-electron chi connectivity index (χ0n) is 9.68. The van der Waals surface area contributed by atoms with E-state index in [9.17, 15) is 5.26 Å². The fraction of sp³-hybridized carbons (Fsp3) is 0.500. The fourth-order valence-corrected chi connectivity index (χ4v) is 3.24. The molecule has 1 saturated carbocycles. The molecule has 0 atom stereocenters. The Labute approximate surface area is 112 Å². The largest absolute Gasteiger partial charge is 0.197 e. The summed E-state index contributed by atoms with van der Waals surface area (Å²) in [7, 11) is 0. The standard InChI is InChI=1S/C14H15Cl2N/c15-11-5-6-12(13(16)9-11)14(10-17)7-3-1-2-4-8-14/h5-6,9H,1-4,7-8H2. The number of hydrogen-bond donors (Lipinski definition) is 0. The molecule has 1 nitrogen and oxygen atoms in total. The van der Waals surface area contributed by atoms with Crippen LogP contribution in [0.25, 0.3) is 0 Å². The van der Waals surface area contributed by atoms with Crippen LogP contribution < -0.4 is 0 Å². The molecule has 1 fully saturated rings. The quantitative estimate of drug-likeness (QED) is 0.649. The number of rotatable bonds is 1. The van der Waals surface area contributed by atoms with E-state index in [1.165, 1.54) is 12.8 Å². The molecule has 0 spiro atoms. The molecule has 0 amide bonds. The lowest BCUT2D eigenvalue weighted by molar-refractivity contribution is 0.475. The van der Waals surface area contributed by atoms with E-state index in [1.807, 2.05) is 12.1 Å². The van der Waals surface area contributed by atoms with Gasteiger partial charge >= 0.3 is 0 Å². The van der Waals surface area contributed by atoms with Gasteiger partial charge in [-0.1, -0.05) is 55.0 Å². The zero-order chi connectivity index (χ0) is 12.3. The minimum Gasteiger partial charge on any atom is -0.197 e. The van der Waals surface area contributed by atoms with Gasteiger partial charge in [0, 0.05) is 10.0 Å². The van der Waals surface area contributed by atoms with Gasteiger partial charge in [0.05, 0.1) is 11.5 Å². The van der Waals surface area contributed by atoms with Gasteiger partial charge in [0.2, 0.25) is 0 Å². The van der Waals surface area contributed by atoms with Crippen molar-refractivity contribution in [3.8, 4) is 6.07 Å². The van der Waals surface area contributed by atoms with Crippen LogP contribution in [0.15, 0.2) is 18.2 Å². The molecule has 90 valence electrons. The van der Waals surface area contributed by atoms with E-state index < -0.39 is 5.41 Å². The summed E-state index contributed by atoms with van der Waals surface area (Å²) in [6, 6.07) is 7.99. The van der Waals surface area contributed by atoms with Crippen LogP contribution in [0.2, 0.25) is 10.0 Å². The molecule has 0 N–H and O–H groups in total. The molecular formula is C14H15Cl2N. The summed E-state index contributed by atoms with van der Waals surface area (Å²) < 4.78 is 0. The number of halogens is 2. The third-order valence-corrected chi connectivity index (χ3v) is 4.17. The summed E-state index contributed by atoms with van der Waals surface area (Å²) in [4.78, 5) is 0. The Hall–Kier alpha value is -0.710. The third kappa shape index (κ3) is 2.59. The van der Waals surface area contributed by atoms with E-state index in [2.05, 4.69) is 6.07 Å². The number of hydrogen-bond acceptors (Lipinski definition) is 1.